The molecule has 1 heterocycles. The molecule has 0 aromatic heterocycles. The Hall–Kier alpha value is -2.69. The molecule has 1 unspecified atom stereocenters. The molecular weight excluding hydrogens is 309 g/mol. The lowest BCUT2D eigenvalue weighted by Gasteiger charge is -2.46. The van der Waals surface area contributed by atoms with E-state index in [-0.39, 0.29) is 18.3 Å². The fraction of sp³-hybridized carbons (Fsp3) is 0.263. The fourth-order valence-electron chi connectivity index (χ4n) is 3.37. The Morgan fingerprint density at radius 2 is 1.79 bits per heavy atom. The first-order valence-electron chi connectivity index (χ1n) is 7.70. The SMILES string of the molecule is CC1(C)C(C(=O)O)c2ccccc2C(=O)N1Cc1ccc(F)cc1. The Morgan fingerprint density at radius 3 is 2.42 bits per heavy atom. The van der Waals surface area contributed by atoms with Crippen LogP contribution in [-0.4, -0.2) is 27.4 Å². The number of halogens is 1. The summed E-state index contributed by atoms with van der Waals surface area (Å²) in [7, 11) is 0. The largest absolute Gasteiger partial charge is 0.481 e. The summed E-state index contributed by atoms with van der Waals surface area (Å²) in [6, 6.07) is 12.7. The Labute approximate surface area is 139 Å². The average molecular weight is 327 g/mol. The highest BCUT2D eigenvalue weighted by Crippen LogP contribution is 2.41. The molecule has 2 aromatic carbocycles. The number of benzene rings is 2. The predicted octanol–water partition coefficient (Wildman–Crippen LogP) is 3.43. The minimum atomic E-state index is -0.968. The number of fused-ring (bicyclic) bond motifs is 1. The van der Waals surface area contributed by atoms with Crippen LogP contribution in [0.2, 0.25) is 0 Å². The van der Waals surface area contributed by atoms with Crippen LogP contribution in [0, 0.1) is 5.82 Å². The van der Waals surface area contributed by atoms with Crippen molar-refractivity contribution in [3.05, 3.63) is 71.0 Å². The molecular formula is C19H18FNO3. The van der Waals surface area contributed by atoms with E-state index in [4.69, 9.17) is 0 Å². The highest BCUT2D eigenvalue weighted by Gasteiger charge is 2.48. The average Bonchev–Trinajstić information content (AvgIpc) is 2.52. The quantitative estimate of drug-likeness (QED) is 0.939. The maximum absolute atomic E-state index is 13.1. The molecule has 0 saturated carbocycles. The highest BCUT2D eigenvalue weighted by atomic mass is 19.1. The van der Waals surface area contributed by atoms with Crippen LogP contribution in [-0.2, 0) is 11.3 Å². The minimum Gasteiger partial charge on any atom is -0.481 e. The van der Waals surface area contributed by atoms with Gasteiger partial charge in [-0.05, 0) is 43.2 Å². The van der Waals surface area contributed by atoms with E-state index in [0.29, 0.717) is 11.1 Å². The number of amides is 1. The summed E-state index contributed by atoms with van der Waals surface area (Å²) in [6.07, 6.45) is 0. The number of carbonyl (C=O) groups is 2. The number of carboxylic acids is 1. The van der Waals surface area contributed by atoms with Crippen LogP contribution >= 0.6 is 0 Å². The molecule has 1 N–H and O–H groups in total. The van der Waals surface area contributed by atoms with Crippen molar-refractivity contribution in [1.29, 1.82) is 0 Å². The Balaban J connectivity index is 2.07. The van der Waals surface area contributed by atoms with Crippen LogP contribution in [0.5, 0.6) is 0 Å². The van der Waals surface area contributed by atoms with Gasteiger partial charge in [0.1, 0.15) is 11.7 Å². The normalized spacial score (nSPS) is 19.0. The third-order valence-corrected chi connectivity index (χ3v) is 4.65. The first-order chi connectivity index (χ1) is 11.3. The highest BCUT2D eigenvalue weighted by molar-refractivity contribution is 6.00. The molecule has 124 valence electrons. The number of nitrogens with zero attached hydrogens (tertiary/aromatic N) is 1. The van der Waals surface area contributed by atoms with Gasteiger partial charge in [0, 0.05) is 12.1 Å². The number of hydrogen-bond donors (Lipinski definition) is 1. The van der Waals surface area contributed by atoms with E-state index in [9.17, 15) is 19.1 Å². The third kappa shape index (κ3) is 2.56. The molecule has 0 bridgehead atoms. The summed E-state index contributed by atoms with van der Waals surface area (Å²) in [5.74, 6) is -2.36. The van der Waals surface area contributed by atoms with Gasteiger partial charge >= 0.3 is 5.97 Å². The molecule has 5 heteroatoms. The molecule has 0 fully saturated rings. The topological polar surface area (TPSA) is 57.6 Å². The monoisotopic (exact) mass is 327 g/mol. The van der Waals surface area contributed by atoms with Crippen molar-refractivity contribution in [3.8, 4) is 0 Å². The predicted molar refractivity (Wildman–Crippen MR) is 87.2 cm³/mol. The summed E-state index contributed by atoms with van der Waals surface area (Å²) < 4.78 is 13.1. The molecule has 24 heavy (non-hydrogen) atoms. The standard InChI is InChI=1S/C19H18FNO3/c1-19(2)16(18(23)24)14-5-3-4-6-15(14)17(22)21(19)11-12-7-9-13(20)10-8-12/h3-10,16H,11H2,1-2H3,(H,23,24). The van der Waals surface area contributed by atoms with E-state index in [1.54, 1.807) is 55.1 Å². The maximum atomic E-state index is 13.1. The van der Waals surface area contributed by atoms with Crippen molar-refractivity contribution in [2.45, 2.75) is 31.8 Å². The molecule has 0 spiro atoms. The molecule has 3 rings (SSSR count). The van der Waals surface area contributed by atoms with Crippen molar-refractivity contribution >= 4 is 11.9 Å². The first-order valence-corrected chi connectivity index (χ1v) is 7.70. The van der Waals surface area contributed by atoms with Crippen molar-refractivity contribution in [2.24, 2.45) is 0 Å². The Morgan fingerprint density at radius 1 is 1.17 bits per heavy atom. The number of carbonyl (C=O) groups excluding carboxylic acids is 1. The third-order valence-electron chi connectivity index (χ3n) is 4.65. The van der Waals surface area contributed by atoms with E-state index in [2.05, 4.69) is 0 Å². The molecule has 1 aliphatic rings. The van der Waals surface area contributed by atoms with Gasteiger partial charge in [-0.25, -0.2) is 4.39 Å². The Kier molecular flexibility index (Phi) is 3.87. The van der Waals surface area contributed by atoms with Crippen molar-refractivity contribution in [2.75, 3.05) is 0 Å². The number of rotatable bonds is 3. The molecule has 4 nitrogen and oxygen atoms in total. The van der Waals surface area contributed by atoms with Crippen LogP contribution in [0.25, 0.3) is 0 Å². The van der Waals surface area contributed by atoms with Gasteiger partial charge in [-0.3, -0.25) is 9.59 Å². The van der Waals surface area contributed by atoms with Gasteiger partial charge in [0.2, 0.25) is 0 Å². The minimum absolute atomic E-state index is 0.211. The second-order valence-corrected chi connectivity index (χ2v) is 6.53. The number of carboxylic acid groups (broad SMARTS) is 1. The van der Waals surface area contributed by atoms with Crippen molar-refractivity contribution in [3.63, 3.8) is 0 Å². The number of hydrogen-bond acceptors (Lipinski definition) is 2. The summed E-state index contributed by atoms with van der Waals surface area (Å²) in [5.41, 5.74) is 0.786. The molecule has 1 atom stereocenters. The van der Waals surface area contributed by atoms with Crippen LogP contribution in [0.3, 0.4) is 0 Å². The summed E-state index contributed by atoms with van der Waals surface area (Å²) in [5, 5.41) is 9.74. The molecule has 0 radical (unpaired) electrons. The molecule has 2 aromatic rings. The summed E-state index contributed by atoms with van der Waals surface area (Å²) in [4.78, 5) is 26.4. The van der Waals surface area contributed by atoms with Gasteiger partial charge in [-0.15, -0.1) is 0 Å². The fourth-order valence-corrected chi connectivity index (χ4v) is 3.37. The van der Waals surface area contributed by atoms with Gasteiger partial charge in [-0.1, -0.05) is 30.3 Å². The summed E-state index contributed by atoms with van der Waals surface area (Å²) >= 11 is 0. The molecule has 1 amide bonds. The van der Waals surface area contributed by atoms with Crippen LogP contribution in [0.1, 0.15) is 41.3 Å². The van der Waals surface area contributed by atoms with Crippen LogP contribution < -0.4 is 0 Å². The first kappa shape index (κ1) is 16.2. The summed E-state index contributed by atoms with van der Waals surface area (Å²) in [6.45, 7) is 3.73. The van der Waals surface area contributed by atoms with E-state index in [0.717, 1.165) is 5.56 Å². The van der Waals surface area contributed by atoms with Crippen LogP contribution in [0.4, 0.5) is 4.39 Å². The van der Waals surface area contributed by atoms with Crippen LogP contribution in [0.15, 0.2) is 48.5 Å². The smallest absolute Gasteiger partial charge is 0.313 e. The zero-order valence-electron chi connectivity index (χ0n) is 13.5. The lowest BCUT2D eigenvalue weighted by molar-refractivity contribution is -0.142. The molecule has 0 aliphatic carbocycles. The second kappa shape index (κ2) is 5.74. The Bertz CT molecular complexity index is 799. The number of aliphatic carboxylic acids is 1. The van der Waals surface area contributed by atoms with E-state index in [1.807, 2.05) is 0 Å². The van der Waals surface area contributed by atoms with Gasteiger partial charge in [0.05, 0.1) is 5.54 Å². The van der Waals surface area contributed by atoms with E-state index in [1.165, 1.54) is 12.1 Å². The van der Waals surface area contributed by atoms with Crippen molar-refractivity contribution in [1.82, 2.24) is 4.90 Å². The van der Waals surface area contributed by atoms with Crippen molar-refractivity contribution < 1.29 is 19.1 Å². The molecule has 0 saturated heterocycles. The van der Waals surface area contributed by atoms with Gasteiger partial charge in [-0.2, -0.15) is 0 Å². The molecule has 1 aliphatic heterocycles. The lowest BCUT2D eigenvalue weighted by Crippen LogP contribution is -2.56. The lowest BCUT2D eigenvalue weighted by atomic mass is 9.74. The van der Waals surface area contributed by atoms with E-state index >= 15 is 0 Å². The zero-order chi connectivity index (χ0) is 17.5. The maximum Gasteiger partial charge on any atom is 0.313 e. The zero-order valence-corrected chi connectivity index (χ0v) is 13.5. The second-order valence-electron chi connectivity index (χ2n) is 6.53. The van der Waals surface area contributed by atoms with Gasteiger partial charge < -0.3 is 10.0 Å². The van der Waals surface area contributed by atoms with E-state index < -0.39 is 17.4 Å². The van der Waals surface area contributed by atoms with Gasteiger partial charge in [0.15, 0.2) is 0 Å². The van der Waals surface area contributed by atoms with Gasteiger partial charge in [0.25, 0.3) is 5.91 Å².